The first-order chi connectivity index (χ1) is 13.9. The maximum Gasteiger partial charge on any atom is 0.333 e. The van der Waals surface area contributed by atoms with Crippen molar-refractivity contribution in [3.05, 3.63) is 59.1 Å². The van der Waals surface area contributed by atoms with Gasteiger partial charge in [0.15, 0.2) is 12.2 Å². The van der Waals surface area contributed by atoms with Gasteiger partial charge in [0.2, 0.25) is 0 Å². The number of carbonyl (C=O) groups excluding carboxylic acids is 1. The lowest BCUT2D eigenvalue weighted by molar-refractivity contribution is -0.149. The van der Waals surface area contributed by atoms with Gasteiger partial charge in [0, 0.05) is 19.6 Å². The molecule has 0 heterocycles. The van der Waals surface area contributed by atoms with Gasteiger partial charge in [-0.2, -0.15) is 0 Å². The number of carboxylic acids is 1. The summed E-state index contributed by atoms with van der Waals surface area (Å²) in [6, 6.07) is 14.2. The molecule has 0 saturated carbocycles. The summed E-state index contributed by atoms with van der Waals surface area (Å²) < 4.78 is 11.0. The lowest BCUT2D eigenvalue weighted by Crippen LogP contribution is -2.40. The number of likely N-dealkylation sites (N-methyl/N-ethyl adjacent to an activating group) is 1. The Morgan fingerprint density at radius 1 is 1.10 bits per heavy atom. The number of carboxylic acid groups (broad SMARTS) is 1. The molecule has 1 amide bonds. The van der Waals surface area contributed by atoms with Crippen molar-refractivity contribution in [1.29, 1.82) is 0 Å². The van der Waals surface area contributed by atoms with Crippen molar-refractivity contribution in [1.82, 2.24) is 0 Å². The Kier molecular flexibility index (Phi) is 8.49. The minimum atomic E-state index is -0.995. The number of hydrogen-bond acceptors (Lipinski definition) is 4. The molecule has 2 aromatic rings. The second-order valence-corrected chi connectivity index (χ2v) is 6.83. The van der Waals surface area contributed by atoms with Crippen LogP contribution < -0.4 is 9.64 Å². The van der Waals surface area contributed by atoms with E-state index in [-0.39, 0.29) is 12.3 Å². The number of ether oxygens (including phenoxy) is 2. The molecule has 29 heavy (non-hydrogen) atoms. The first-order valence-corrected chi connectivity index (χ1v) is 9.91. The Morgan fingerprint density at radius 3 is 2.31 bits per heavy atom. The van der Waals surface area contributed by atoms with Gasteiger partial charge in [-0.1, -0.05) is 35.9 Å². The zero-order valence-corrected chi connectivity index (χ0v) is 17.6. The molecule has 0 aliphatic heterocycles. The number of amides is 1. The van der Waals surface area contributed by atoms with Gasteiger partial charge in [-0.25, -0.2) is 4.79 Å². The molecular weight excluding hydrogens is 394 g/mol. The number of para-hydroxylation sites is 1. The average molecular weight is 420 g/mol. The highest BCUT2D eigenvalue weighted by atomic mass is 35.5. The fraction of sp³-hybridized carbons (Fsp3) is 0.364. The summed E-state index contributed by atoms with van der Waals surface area (Å²) in [5.41, 5.74) is 1.45. The van der Waals surface area contributed by atoms with E-state index in [0.29, 0.717) is 29.6 Å². The number of nitrogens with zero attached hydrogens (tertiary/aromatic N) is 1. The molecule has 0 radical (unpaired) electrons. The average Bonchev–Trinajstić information content (AvgIpc) is 2.70. The highest BCUT2D eigenvalue weighted by Gasteiger charge is 2.24. The van der Waals surface area contributed by atoms with Crippen LogP contribution in [0.3, 0.4) is 0 Å². The topological polar surface area (TPSA) is 76.1 Å². The van der Waals surface area contributed by atoms with Crippen molar-refractivity contribution in [2.45, 2.75) is 39.4 Å². The van der Waals surface area contributed by atoms with E-state index in [9.17, 15) is 14.7 Å². The summed E-state index contributed by atoms with van der Waals surface area (Å²) >= 11 is 6.22. The van der Waals surface area contributed by atoms with E-state index >= 15 is 0 Å². The van der Waals surface area contributed by atoms with Crippen LogP contribution >= 0.6 is 11.6 Å². The van der Waals surface area contributed by atoms with Crippen LogP contribution in [0.1, 0.15) is 26.3 Å². The van der Waals surface area contributed by atoms with Crippen molar-refractivity contribution < 1.29 is 24.2 Å². The molecule has 0 fully saturated rings. The monoisotopic (exact) mass is 419 g/mol. The lowest BCUT2D eigenvalue weighted by Gasteiger charge is -2.25. The summed E-state index contributed by atoms with van der Waals surface area (Å²) in [6.07, 6.45) is -1.35. The largest absolute Gasteiger partial charge is 0.481 e. The van der Waals surface area contributed by atoms with Gasteiger partial charge in [-0.15, -0.1) is 0 Å². The van der Waals surface area contributed by atoms with E-state index < -0.39 is 18.2 Å². The summed E-state index contributed by atoms with van der Waals surface area (Å²) in [5.74, 6) is -0.675. The van der Waals surface area contributed by atoms with Gasteiger partial charge in [0.05, 0.1) is 10.7 Å². The predicted molar refractivity (Wildman–Crippen MR) is 113 cm³/mol. The van der Waals surface area contributed by atoms with E-state index in [1.54, 1.807) is 55.1 Å². The van der Waals surface area contributed by atoms with E-state index in [1.165, 1.54) is 0 Å². The Morgan fingerprint density at radius 2 is 1.76 bits per heavy atom. The first kappa shape index (κ1) is 22.7. The second kappa shape index (κ2) is 10.8. The van der Waals surface area contributed by atoms with Crippen molar-refractivity contribution >= 4 is 29.2 Å². The standard InChI is InChI=1S/C22H26ClNO5/c1-4-24(19-9-7-6-8-18(19)23)21(25)15(3)29-17-12-10-16(11-13-17)14-20(22(26)27)28-5-2/h6-13,15,20H,4-5,14H2,1-3H3,(H,26,27). The molecule has 0 spiro atoms. The molecule has 0 bridgehead atoms. The van der Waals surface area contributed by atoms with Gasteiger partial charge in [0.25, 0.3) is 5.91 Å². The van der Waals surface area contributed by atoms with Crippen LogP contribution in [0.5, 0.6) is 5.75 Å². The molecule has 0 saturated heterocycles. The number of halogens is 1. The lowest BCUT2D eigenvalue weighted by atomic mass is 10.1. The number of anilines is 1. The second-order valence-electron chi connectivity index (χ2n) is 6.42. The molecule has 2 aromatic carbocycles. The highest BCUT2D eigenvalue weighted by molar-refractivity contribution is 6.33. The summed E-state index contributed by atoms with van der Waals surface area (Å²) in [4.78, 5) is 25.6. The van der Waals surface area contributed by atoms with Crippen LogP contribution in [-0.2, 0) is 20.7 Å². The van der Waals surface area contributed by atoms with E-state index in [4.69, 9.17) is 21.1 Å². The third kappa shape index (κ3) is 6.21. The fourth-order valence-electron chi connectivity index (χ4n) is 2.93. The molecule has 6 nitrogen and oxygen atoms in total. The molecule has 7 heteroatoms. The first-order valence-electron chi connectivity index (χ1n) is 9.53. The minimum absolute atomic E-state index is 0.202. The Hall–Kier alpha value is -2.57. The predicted octanol–water partition coefficient (Wildman–Crippen LogP) is 4.19. The van der Waals surface area contributed by atoms with Crippen molar-refractivity contribution in [2.24, 2.45) is 0 Å². The van der Waals surface area contributed by atoms with Crippen LogP contribution in [0, 0.1) is 0 Å². The highest BCUT2D eigenvalue weighted by Crippen LogP contribution is 2.26. The van der Waals surface area contributed by atoms with Gasteiger partial charge in [-0.3, -0.25) is 4.79 Å². The zero-order chi connectivity index (χ0) is 21.4. The third-order valence-corrected chi connectivity index (χ3v) is 4.69. The number of benzene rings is 2. The Labute approximate surface area is 176 Å². The van der Waals surface area contributed by atoms with Crippen LogP contribution in [0.4, 0.5) is 5.69 Å². The van der Waals surface area contributed by atoms with Crippen molar-refractivity contribution in [3.63, 3.8) is 0 Å². The maximum absolute atomic E-state index is 12.9. The molecule has 0 aromatic heterocycles. The summed E-state index contributed by atoms with van der Waals surface area (Å²) in [6.45, 7) is 6.11. The van der Waals surface area contributed by atoms with Gasteiger partial charge >= 0.3 is 5.97 Å². The third-order valence-electron chi connectivity index (χ3n) is 4.37. The van der Waals surface area contributed by atoms with E-state index in [2.05, 4.69) is 0 Å². The number of hydrogen-bond donors (Lipinski definition) is 1. The van der Waals surface area contributed by atoms with Crippen LogP contribution in [0.15, 0.2) is 48.5 Å². The fourth-order valence-corrected chi connectivity index (χ4v) is 3.16. The van der Waals surface area contributed by atoms with E-state index in [1.807, 2.05) is 19.1 Å². The quantitative estimate of drug-likeness (QED) is 0.624. The number of rotatable bonds is 10. The van der Waals surface area contributed by atoms with Crippen molar-refractivity contribution in [3.8, 4) is 5.75 Å². The van der Waals surface area contributed by atoms with E-state index in [0.717, 1.165) is 5.56 Å². The number of aliphatic carboxylic acids is 1. The minimum Gasteiger partial charge on any atom is -0.481 e. The molecule has 2 atom stereocenters. The number of carbonyl (C=O) groups is 2. The molecule has 2 rings (SSSR count). The normalized spacial score (nSPS) is 12.8. The molecule has 156 valence electrons. The maximum atomic E-state index is 12.9. The molecule has 2 unspecified atom stereocenters. The Balaban J connectivity index is 2.04. The van der Waals surface area contributed by atoms with Crippen LogP contribution in [-0.4, -0.2) is 42.3 Å². The SMILES string of the molecule is CCOC(Cc1ccc(OC(C)C(=O)N(CC)c2ccccc2Cl)cc1)C(=O)O. The van der Waals surface area contributed by atoms with Gasteiger partial charge < -0.3 is 19.5 Å². The zero-order valence-electron chi connectivity index (χ0n) is 16.8. The van der Waals surface area contributed by atoms with Crippen LogP contribution in [0.25, 0.3) is 0 Å². The summed E-state index contributed by atoms with van der Waals surface area (Å²) in [5, 5.41) is 9.69. The van der Waals surface area contributed by atoms with Gasteiger partial charge in [-0.05, 0) is 50.6 Å². The molecule has 1 N–H and O–H groups in total. The smallest absolute Gasteiger partial charge is 0.333 e. The summed E-state index contributed by atoms with van der Waals surface area (Å²) in [7, 11) is 0. The van der Waals surface area contributed by atoms with Crippen molar-refractivity contribution in [2.75, 3.05) is 18.1 Å². The Bertz CT molecular complexity index is 824. The molecular formula is C22H26ClNO5. The van der Waals surface area contributed by atoms with Crippen LogP contribution in [0.2, 0.25) is 5.02 Å². The molecule has 0 aliphatic carbocycles. The van der Waals surface area contributed by atoms with Gasteiger partial charge in [0.1, 0.15) is 5.75 Å². The molecule has 0 aliphatic rings.